The third-order valence-corrected chi connectivity index (χ3v) is 1.84. The van der Waals surface area contributed by atoms with E-state index < -0.39 is 5.97 Å². The van der Waals surface area contributed by atoms with Crippen LogP contribution in [0, 0.1) is 5.41 Å². The Balaban J connectivity index is 0.00000225. The van der Waals surface area contributed by atoms with Gasteiger partial charge >= 0.3 is 57.4 Å². The molecule has 0 atom stereocenters. The number of carboxylic acids is 1. The fourth-order valence-electron chi connectivity index (χ4n) is 1.11. The summed E-state index contributed by atoms with van der Waals surface area (Å²) in [5.41, 5.74) is 0.872. The smallest absolute Gasteiger partial charge is 0.693 e. The number of carboxylic acid groups (broad SMARTS) is 1. The monoisotopic (exact) mass is 246 g/mol. The first kappa shape index (κ1) is 15.5. The van der Waals surface area contributed by atoms with Crippen LogP contribution in [0.3, 0.4) is 0 Å². The van der Waals surface area contributed by atoms with Crippen molar-refractivity contribution >= 4 is 11.7 Å². The number of aromatic nitrogens is 2. The van der Waals surface area contributed by atoms with E-state index in [0.29, 0.717) is 5.57 Å². The first-order valence-electron chi connectivity index (χ1n) is 4.19. The molecule has 3 N–H and O–H groups in total. The summed E-state index contributed by atoms with van der Waals surface area (Å²) in [5.74, 6) is -1.13. The standard InChI is InChI=1S/C9H12N4O2.K/c1-5(3-11-2)7(10)6-4-12-13-8(6)9(14)15;/h3-4H,1-2H3,(H4,10,11,12,13,14,15);/q;+1/p-1. The van der Waals surface area contributed by atoms with Gasteiger partial charge in [0.1, 0.15) is 0 Å². The fraction of sp³-hybridized carbons (Fsp3) is 0.222. The molecule has 0 fully saturated rings. The summed E-state index contributed by atoms with van der Waals surface area (Å²) in [6.45, 7) is 1.69. The summed E-state index contributed by atoms with van der Waals surface area (Å²) in [4.78, 5) is 10.8. The van der Waals surface area contributed by atoms with Crippen molar-refractivity contribution in [2.24, 2.45) is 0 Å². The molecule has 0 spiro atoms. The van der Waals surface area contributed by atoms with Crippen LogP contribution >= 0.6 is 0 Å². The Morgan fingerprint density at radius 3 is 2.81 bits per heavy atom. The van der Waals surface area contributed by atoms with Crippen LogP contribution in [0.2, 0.25) is 0 Å². The van der Waals surface area contributed by atoms with Crippen molar-refractivity contribution in [2.75, 3.05) is 7.05 Å². The molecule has 16 heavy (non-hydrogen) atoms. The van der Waals surface area contributed by atoms with Crippen molar-refractivity contribution in [3.05, 3.63) is 34.5 Å². The van der Waals surface area contributed by atoms with Gasteiger partial charge in [0.25, 0.3) is 0 Å². The summed E-state index contributed by atoms with van der Waals surface area (Å²) in [5, 5.41) is 26.2. The van der Waals surface area contributed by atoms with E-state index in [4.69, 9.17) is 10.5 Å². The van der Waals surface area contributed by atoms with E-state index in [0.717, 1.165) is 0 Å². The summed E-state index contributed by atoms with van der Waals surface area (Å²) in [6, 6.07) is 0. The summed E-state index contributed by atoms with van der Waals surface area (Å²) in [6.07, 6.45) is 2.82. The van der Waals surface area contributed by atoms with Gasteiger partial charge in [0.2, 0.25) is 0 Å². The fourth-order valence-corrected chi connectivity index (χ4v) is 1.11. The maximum Gasteiger partial charge on any atom is 1.00 e. The molecule has 0 bridgehead atoms. The second kappa shape index (κ2) is 6.97. The van der Waals surface area contributed by atoms with Crippen molar-refractivity contribution in [1.82, 2.24) is 10.2 Å². The van der Waals surface area contributed by atoms with Gasteiger partial charge in [0.05, 0.1) is 17.5 Å². The molecule has 6 nitrogen and oxygen atoms in total. The molecule has 0 aromatic carbocycles. The molecule has 0 aliphatic carbocycles. The quantitative estimate of drug-likeness (QED) is 0.439. The summed E-state index contributed by atoms with van der Waals surface area (Å²) < 4.78 is 0. The molecule has 0 aliphatic rings. The van der Waals surface area contributed by atoms with E-state index in [-0.39, 0.29) is 68.4 Å². The van der Waals surface area contributed by atoms with Crippen molar-refractivity contribution in [2.45, 2.75) is 6.92 Å². The number of allylic oxidation sites excluding steroid dienone is 1. The predicted octanol–water partition coefficient (Wildman–Crippen LogP) is -1.61. The predicted molar refractivity (Wildman–Crippen MR) is 55.4 cm³/mol. The maximum absolute atomic E-state index is 10.8. The molecule has 80 valence electrons. The molecule has 0 saturated heterocycles. The Morgan fingerprint density at radius 1 is 1.69 bits per heavy atom. The third-order valence-electron chi connectivity index (χ3n) is 1.84. The minimum atomic E-state index is -1.13. The van der Waals surface area contributed by atoms with E-state index in [1.54, 1.807) is 14.0 Å². The molecule has 7 heteroatoms. The Bertz CT molecular complexity index is 425. The van der Waals surface area contributed by atoms with E-state index in [9.17, 15) is 4.79 Å². The molecular formula is C9H11KN4O2. The van der Waals surface area contributed by atoms with E-state index in [2.05, 4.69) is 15.5 Å². The van der Waals surface area contributed by atoms with Gasteiger partial charge in [0.15, 0.2) is 5.69 Å². The second-order valence-corrected chi connectivity index (χ2v) is 2.91. The number of nitrogens with zero attached hydrogens (tertiary/aromatic N) is 2. The Hall–Kier alpha value is -0.474. The zero-order chi connectivity index (χ0) is 11.4. The Kier molecular flexibility index (Phi) is 6.76. The van der Waals surface area contributed by atoms with Gasteiger partial charge in [-0.25, -0.2) is 4.79 Å². The summed E-state index contributed by atoms with van der Waals surface area (Å²) in [7, 11) is 1.59. The average Bonchev–Trinajstić information content (AvgIpc) is 2.65. The van der Waals surface area contributed by atoms with E-state index >= 15 is 0 Å². The average molecular weight is 246 g/mol. The van der Waals surface area contributed by atoms with Crippen LogP contribution in [0.5, 0.6) is 0 Å². The molecule has 1 rings (SSSR count). The number of hydrogen-bond donors (Lipinski definition) is 3. The molecular weight excluding hydrogens is 235 g/mol. The first-order valence-corrected chi connectivity index (χ1v) is 4.19. The molecule has 1 aromatic rings. The van der Waals surface area contributed by atoms with Crippen molar-refractivity contribution in [3.8, 4) is 0 Å². The van der Waals surface area contributed by atoms with Gasteiger partial charge in [-0.1, -0.05) is 0 Å². The van der Waals surface area contributed by atoms with Crippen LogP contribution in [0.4, 0.5) is 0 Å². The van der Waals surface area contributed by atoms with Gasteiger partial charge in [0, 0.05) is 0 Å². The number of carbonyl (C=O) groups is 1. The number of aromatic carboxylic acids is 1. The van der Waals surface area contributed by atoms with Crippen LogP contribution in [0.25, 0.3) is 5.32 Å². The summed E-state index contributed by atoms with van der Waals surface area (Å²) >= 11 is 0. The zero-order valence-electron chi connectivity index (χ0n) is 9.40. The van der Waals surface area contributed by atoms with Crippen LogP contribution in [-0.2, 0) is 0 Å². The van der Waals surface area contributed by atoms with Crippen molar-refractivity contribution in [1.29, 1.82) is 5.41 Å². The van der Waals surface area contributed by atoms with Gasteiger partial charge in [-0.3, -0.25) is 10.5 Å². The molecule has 0 saturated carbocycles. The van der Waals surface area contributed by atoms with E-state index in [1.165, 1.54) is 12.4 Å². The molecule has 0 radical (unpaired) electrons. The molecule has 0 unspecified atom stereocenters. The van der Waals surface area contributed by atoms with E-state index in [1.807, 2.05) is 0 Å². The zero-order valence-corrected chi connectivity index (χ0v) is 12.5. The van der Waals surface area contributed by atoms with Crippen LogP contribution in [0.1, 0.15) is 23.0 Å². The van der Waals surface area contributed by atoms with Gasteiger partial charge in [-0.2, -0.15) is 11.3 Å². The molecule has 0 amide bonds. The number of H-pyrrole nitrogens is 1. The van der Waals surface area contributed by atoms with Gasteiger partial charge < -0.3 is 10.4 Å². The third kappa shape index (κ3) is 3.53. The second-order valence-electron chi connectivity index (χ2n) is 2.91. The molecule has 1 heterocycles. The van der Waals surface area contributed by atoms with Crippen molar-refractivity contribution in [3.63, 3.8) is 0 Å². The SMILES string of the molecule is C[N-]/C=C(/C)C(=N)c1cn[nH]c1C(=O)O.[K+]. The maximum atomic E-state index is 10.8. The number of nitrogens with one attached hydrogen (secondary N) is 2. The van der Waals surface area contributed by atoms with Crippen molar-refractivity contribution < 1.29 is 61.3 Å². The van der Waals surface area contributed by atoms with Crippen LogP contribution in [0.15, 0.2) is 18.0 Å². The number of aromatic amines is 1. The van der Waals surface area contributed by atoms with Gasteiger partial charge in [-0.05, 0) is 12.5 Å². The number of rotatable bonds is 4. The molecule has 0 aliphatic heterocycles. The first-order chi connectivity index (χ1) is 7.07. The van der Waals surface area contributed by atoms with Gasteiger partial charge in [-0.15, -0.1) is 7.05 Å². The normalized spacial score (nSPS) is 10.5. The largest absolute Gasteiger partial charge is 1.00 e. The Morgan fingerprint density at radius 2 is 2.31 bits per heavy atom. The Labute approximate surface area is 135 Å². The minimum Gasteiger partial charge on any atom is -0.693 e. The molecule has 1 aromatic heterocycles. The van der Waals surface area contributed by atoms with Crippen LogP contribution < -0.4 is 51.4 Å². The topological polar surface area (TPSA) is 104 Å². The number of hydrogen-bond acceptors (Lipinski definition) is 3. The minimum absolute atomic E-state index is 0. The van der Waals surface area contributed by atoms with Crippen LogP contribution in [-0.4, -0.2) is 34.0 Å².